The Labute approximate surface area is 857 Å². The molecule has 0 aliphatic carbocycles. The third-order valence-corrected chi connectivity index (χ3v) is 28.9. The van der Waals surface area contributed by atoms with E-state index in [0.29, 0.717) is 25.9 Å². The van der Waals surface area contributed by atoms with Crippen LogP contribution in [0.25, 0.3) is 0 Å². The van der Waals surface area contributed by atoms with Crippen LogP contribution in [0.1, 0.15) is 474 Å². The second-order valence-electron chi connectivity index (χ2n) is 36.0. The molecule has 0 bridgehead atoms. The molecule has 0 rings (SSSR count). The van der Waals surface area contributed by atoms with Gasteiger partial charge in [0, 0.05) is 78.5 Å². The third kappa shape index (κ3) is 86.0. The molecule has 732 valence electrons. The molecule has 21 heteroatoms. The van der Waals surface area contributed by atoms with Gasteiger partial charge in [0.25, 0.3) is 0 Å². The second kappa shape index (κ2) is 104. The zero-order valence-electron chi connectivity index (χ0n) is 85.2. The fourth-order valence-corrected chi connectivity index (χ4v) is 17.9. The minimum atomic E-state index is 0. The van der Waals surface area contributed by atoms with Crippen molar-refractivity contribution in [3.05, 3.63) is 0 Å². The number of rotatable bonds is 72. The summed E-state index contributed by atoms with van der Waals surface area (Å²) in [5, 5.41) is 0. The van der Waals surface area contributed by atoms with Crippen molar-refractivity contribution in [3.63, 3.8) is 0 Å². The van der Waals surface area contributed by atoms with Gasteiger partial charge in [0.1, 0.15) is 0 Å². The molecule has 0 N–H and O–H groups in total. The fraction of sp³-hybridized carbons (Fsp3) is 0.941. The SMILES string of the molecule is CCCCC(CC)CN(CC(CC)CCCC)C(=S)[S-].CCCCC(CC)CN(CC(CC)CCCC)C(=S)[S-].CCCCC(CC)CN(CC(CC)CCCC)C(=S)[S-].CCCCC(CC)CN(CC(CC)CCCC)C(=S)[S-].CCCCC(CC)CN(CC(CC)CCCC)C(=S)[S-].CCCCC(CC)CN(CC(CC)CCCC)C(=S)[S-].O=S.[Mo+6]. The minimum Gasteiger partial charge on any atom is -0.411 e. The predicted molar refractivity (Wildman–Crippen MR) is 597 cm³/mol. The standard InChI is InChI=1S/6C17H35NS2.Mo.OS/c6*1-5-9-11-15(7-3)13-18(17(19)20)14-16(8-4)12-10-6-2;;1-2/h6*15-16H,5-14H2,1-4H3,(H,19,20);;/q;;;;;;+6;/p-6. The number of unbranched alkanes of at least 4 members (excludes halogenated alkanes) is 12. The predicted octanol–water partition coefficient (Wildman–Crippen LogP) is 33.0. The Morgan fingerprint density at radius 2 is 0.236 bits per heavy atom. The van der Waals surface area contributed by atoms with E-state index < -0.39 is 0 Å². The molecule has 0 saturated carbocycles. The van der Waals surface area contributed by atoms with Crippen LogP contribution in [0.2, 0.25) is 0 Å². The van der Waals surface area contributed by atoms with Crippen molar-refractivity contribution < 1.29 is 25.3 Å². The van der Waals surface area contributed by atoms with Crippen LogP contribution < -0.4 is 0 Å². The Morgan fingerprint density at radius 3 is 0.276 bits per heavy atom. The van der Waals surface area contributed by atoms with Crippen LogP contribution in [-0.2, 0) is 109 Å². The summed E-state index contributed by atoms with van der Waals surface area (Å²) in [6, 6.07) is 0. The molecule has 0 spiro atoms. The molecule has 0 aromatic rings. The van der Waals surface area contributed by atoms with E-state index in [-0.39, 0.29) is 21.1 Å². The van der Waals surface area contributed by atoms with Crippen molar-refractivity contribution in [2.24, 2.45) is 71.0 Å². The quantitative estimate of drug-likeness (QED) is 0.0329. The molecule has 0 aromatic carbocycles. The molecule has 0 aliphatic heterocycles. The van der Waals surface area contributed by atoms with E-state index in [0.717, 1.165) is 150 Å². The zero-order chi connectivity index (χ0) is 94.3. The number of hydrogen-bond acceptors (Lipinski definition) is 14. The summed E-state index contributed by atoms with van der Waals surface area (Å²) in [7, 11) is 0. The van der Waals surface area contributed by atoms with Gasteiger partial charge in [0.2, 0.25) is 0 Å². The molecule has 0 aromatic heterocycles. The van der Waals surface area contributed by atoms with Gasteiger partial charge in [-0.25, -0.2) is 0 Å². The van der Waals surface area contributed by atoms with E-state index in [1.54, 1.807) is 0 Å². The largest absolute Gasteiger partial charge is 6.00 e. The molecular formula is C102H204MoN6OS13. The van der Waals surface area contributed by atoms with Gasteiger partial charge in [-0.3, -0.25) is 0 Å². The van der Waals surface area contributed by atoms with E-state index in [1.165, 1.54) is 308 Å². The maximum absolute atomic E-state index is 7.83. The fourth-order valence-electron chi connectivity index (χ4n) is 16.1. The second-order valence-corrected chi connectivity index (χ2v) is 42.2. The van der Waals surface area contributed by atoms with Gasteiger partial charge in [-0.1, -0.05) is 423 Å². The maximum Gasteiger partial charge on any atom is 6.00 e. The molecule has 0 radical (unpaired) electrons. The first-order valence-electron chi connectivity index (χ1n) is 51.4. The summed E-state index contributed by atoms with van der Waals surface area (Å²) >= 11 is 66.6. The average Bonchev–Trinajstić information content (AvgIpc) is 0.940. The van der Waals surface area contributed by atoms with Crippen molar-refractivity contribution in [1.82, 2.24) is 29.4 Å². The molecule has 0 fully saturated rings. The molecule has 123 heavy (non-hydrogen) atoms. The van der Waals surface area contributed by atoms with Gasteiger partial charge < -0.3 is 178 Å². The first-order chi connectivity index (χ1) is 58.5. The Bertz CT molecular complexity index is 1780. The van der Waals surface area contributed by atoms with Gasteiger partial charge in [-0.05, 0) is 148 Å². The van der Waals surface area contributed by atoms with E-state index in [4.69, 9.17) is 153 Å². The van der Waals surface area contributed by atoms with E-state index >= 15 is 0 Å². The van der Waals surface area contributed by atoms with Gasteiger partial charge in [-0.15, -0.1) is 0 Å². The van der Waals surface area contributed by atoms with Crippen molar-refractivity contribution in [2.45, 2.75) is 474 Å². The van der Waals surface area contributed by atoms with Crippen LogP contribution in [0.15, 0.2) is 0 Å². The first-order valence-corrected chi connectivity index (χ1v) is 56.7. The van der Waals surface area contributed by atoms with E-state index in [2.05, 4.69) is 208 Å². The van der Waals surface area contributed by atoms with Crippen LogP contribution >= 0.6 is 73.3 Å². The summed E-state index contributed by atoms with van der Waals surface area (Å²) in [6.45, 7) is 67.5. The van der Waals surface area contributed by atoms with Gasteiger partial charge in [-0.2, -0.15) is 4.21 Å². The zero-order valence-corrected chi connectivity index (χ0v) is 97.8. The molecule has 0 amide bonds. The van der Waals surface area contributed by atoms with Gasteiger partial charge in [0.15, 0.2) is 12.5 Å². The van der Waals surface area contributed by atoms with Crippen LogP contribution in [-0.4, -0.2) is 138 Å². The Kier molecular flexibility index (Phi) is 118. The topological polar surface area (TPSA) is 36.5 Å². The van der Waals surface area contributed by atoms with Gasteiger partial charge >= 0.3 is 21.1 Å². The Balaban J connectivity index is -0.000000214. The van der Waals surface area contributed by atoms with Crippen molar-refractivity contribution in [1.29, 1.82) is 0 Å². The molecule has 12 unspecified atom stereocenters. The molecule has 0 aliphatic rings. The summed E-state index contributed by atoms with van der Waals surface area (Å²) in [5.41, 5.74) is 0. The molecule has 0 saturated heterocycles. The van der Waals surface area contributed by atoms with Crippen LogP contribution in [0, 0.1) is 71.0 Å². The number of nitrogens with zero attached hydrogens (tertiary/aromatic N) is 6. The van der Waals surface area contributed by atoms with E-state index in [9.17, 15) is 0 Å². The monoisotopic (exact) mass is 2040 g/mol. The van der Waals surface area contributed by atoms with Crippen LogP contribution in [0.3, 0.4) is 0 Å². The molecule has 12 atom stereocenters. The van der Waals surface area contributed by atoms with Gasteiger partial charge in [0.05, 0.1) is 0 Å². The van der Waals surface area contributed by atoms with E-state index in [1.807, 2.05) is 0 Å². The van der Waals surface area contributed by atoms with Crippen molar-refractivity contribution in [3.8, 4) is 0 Å². The first kappa shape index (κ1) is 140. The molecule has 7 nitrogen and oxygen atoms in total. The molecular weight excluding hydrogens is 1840 g/mol. The summed E-state index contributed by atoms with van der Waals surface area (Å²) < 4.78 is 11.9. The van der Waals surface area contributed by atoms with Crippen molar-refractivity contribution >= 4 is 188 Å². The Hall–Kier alpha value is 1.37. The Morgan fingerprint density at radius 1 is 0.171 bits per heavy atom. The summed E-state index contributed by atoms with van der Waals surface area (Å²) in [5.74, 6) is 8.99. The summed E-state index contributed by atoms with van der Waals surface area (Å²) in [6.07, 6.45) is 61.8. The third-order valence-electron chi connectivity index (χ3n) is 25.8. The minimum absolute atomic E-state index is 0. The number of hydrogen-bond donors (Lipinski definition) is 0. The maximum atomic E-state index is 7.83. The smallest absolute Gasteiger partial charge is 0.411 e. The van der Waals surface area contributed by atoms with Crippen LogP contribution in [0.4, 0.5) is 0 Å². The van der Waals surface area contributed by atoms with Crippen molar-refractivity contribution in [2.75, 3.05) is 78.5 Å². The average molecular weight is 2040 g/mol. The molecule has 0 heterocycles. The number of thiocarbonyl (C=S) groups is 6. The van der Waals surface area contributed by atoms with Crippen LogP contribution in [0.5, 0.6) is 0 Å². The normalized spacial score (nSPS) is 13.7. The summed E-state index contributed by atoms with van der Waals surface area (Å²) in [4.78, 5) is 13.8.